The standard InChI is InChI=1S/C17H36N2O/c1-4-6-7-8-9-10-11-12-13-14-15-18-17(20)19-16(3)5-2/h16H,4-15H2,1-3H3,(H2,18,19,20). The van der Waals surface area contributed by atoms with Crippen molar-refractivity contribution in [3.8, 4) is 0 Å². The number of hydrogen-bond donors (Lipinski definition) is 2. The van der Waals surface area contributed by atoms with Crippen LogP contribution in [0, 0.1) is 0 Å². The van der Waals surface area contributed by atoms with E-state index in [-0.39, 0.29) is 12.1 Å². The zero-order valence-electron chi connectivity index (χ0n) is 14.0. The van der Waals surface area contributed by atoms with Crippen LogP contribution in [-0.4, -0.2) is 18.6 Å². The highest BCUT2D eigenvalue weighted by atomic mass is 16.2. The van der Waals surface area contributed by atoms with Crippen molar-refractivity contribution in [2.45, 2.75) is 97.4 Å². The van der Waals surface area contributed by atoms with Crippen molar-refractivity contribution in [1.82, 2.24) is 10.6 Å². The number of hydrogen-bond acceptors (Lipinski definition) is 1. The molecule has 0 spiro atoms. The summed E-state index contributed by atoms with van der Waals surface area (Å²) in [6, 6.07) is 0.248. The van der Waals surface area contributed by atoms with Gasteiger partial charge < -0.3 is 10.6 Å². The van der Waals surface area contributed by atoms with Crippen molar-refractivity contribution in [3.05, 3.63) is 0 Å². The Morgan fingerprint density at radius 2 is 1.35 bits per heavy atom. The molecular weight excluding hydrogens is 248 g/mol. The third kappa shape index (κ3) is 13.7. The van der Waals surface area contributed by atoms with E-state index in [0.29, 0.717) is 0 Å². The highest BCUT2D eigenvalue weighted by Crippen LogP contribution is 2.10. The summed E-state index contributed by atoms with van der Waals surface area (Å²) < 4.78 is 0. The minimum Gasteiger partial charge on any atom is -0.338 e. The largest absolute Gasteiger partial charge is 0.338 e. The average Bonchev–Trinajstić information content (AvgIpc) is 2.44. The average molecular weight is 284 g/mol. The first-order valence-corrected chi connectivity index (χ1v) is 8.75. The molecule has 0 aromatic rings. The molecule has 1 atom stereocenters. The maximum Gasteiger partial charge on any atom is 0.314 e. The minimum absolute atomic E-state index is 0.0183. The lowest BCUT2D eigenvalue weighted by Crippen LogP contribution is -2.40. The zero-order chi connectivity index (χ0) is 15.1. The molecule has 0 fully saturated rings. The first-order chi connectivity index (χ1) is 9.70. The summed E-state index contributed by atoms with van der Waals surface area (Å²) in [5, 5.41) is 5.84. The van der Waals surface area contributed by atoms with Gasteiger partial charge in [-0.3, -0.25) is 0 Å². The van der Waals surface area contributed by atoms with Crippen LogP contribution in [0.2, 0.25) is 0 Å². The highest BCUT2D eigenvalue weighted by molar-refractivity contribution is 5.74. The zero-order valence-corrected chi connectivity index (χ0v) is 14.0. The second kappa shape index (κ2) is 14.7. The second-order valence-corrected chi connectivity index (χ2v) is 5.89. The Morgan fingerprint density at radius 3 is 1.85 bits per heavy atom. The van der Waals surface area contributed by atoms with E-state index in [2.05, 4.69) is 24.5 Å². The van der Waals surface area contributed by atoms with Gasteiger partial charge in [0, 0.05) is 12.6 Å². The summed E-state index contributed by atoms with van der Waals surface area (Å²) in [6.45, 7) is 7.17. The van der Waals surface area contributed by atoms with Gasteiger partial charge in [-0.1, -0.05) is 71.6 Å². The molecule has 0 aromatic carbocycles. The SMILES string of the molecule is CCCCCCCCCCCCNC(=O)NC(C)CC. The summed E-state index contributed by atoms with van der Waals surface area (Å²) in [5.41, 5.74) is 0. The quantitative estimate of drug-likeness (QED) is 0.459. The van der Waals surface area contributed by atoms with E-state index in [1.54, 1.807) is 0 Å². The van der Waals surface area contributed by atoms with Crippen molar-refractivity contribution >= 4 is 6.03 Å². The van der Waals surface area contributed by atoms with Crippen molar-refractivity contribution in [3.63, 3.8) is 0 Å². The molecule has 0 aromatic heterocycles. The molecule has 1 unspecified atom stereocenters. The lowest BCUT2D eigenvalue weighted by atomic mass is 10.1. The van der Waals surface area contributed by atoms with Crippen molar-refractivity contribution in [1.29, 1.82) is 0 Å². The molecule has 0 saturated heterocycles. The normalized spacial score (nSPS) is 12.2. The van der Waals surface area contributed by atoms with Gasteiger partial charge in [0.2, 0.25) is 0 Å². The number of urea groups is 1. The molecule has 0 heterocycles. The molecule has 0 aliphatic rings. The predicted octanol–water partition coefficient (Wildman–Crippen LogP) is 5.01. The van der Waals surface area contributed by atoms with Crippen LogP contribution in [-0.2, 0) is 0 Å². The first-order valence-electron chi connectivity index (χ1n) is 8.75. The van der Waals surface area contributed by atoms with Gasteiger partial charge in [-0.2, -0.15) is 0 Å². The molecule has 0 saturated carbocycles. The number of nitrogens with one attached hydrogen (secondary N) is 2. The van der Waals surface area contributed by atoms with E-state index in [4.69, 9.17) is 0 Å². The van der Waals surface area contributed by atoms with Crippen molar-refractivity contribution < 1.29 is 4.79 Å². The Hall–Kier alpha value is -0.730. The minimum atomic E-state index is -0.0183. The van der Waals surface area contributed by atoms with E-state index in [0.717, 1.165) is 19.4 Å². The molecule has 2 amide bonds. The van der Waals surface area contributed by atoms with Crippen LogP contribution >= 0.6 is 0 Å². The molecular formula is C17H36N2O. The molecule has 20 heavy (non-hydrogen) atoms. The number of unbranched alkanes of at least 4 members (excludes halogenated alkanes) is 9. The van der Waals surface area contributed by atoms with Crippen molar-refractivity contribution in [2.75, 3.05) is 6.54 Å². The lowest BCUT2D eigenvalue weighted by molar-refractivity contribution is 0.237. The number of carbonyl (C=O) groups is 1. The lowest BCUT2D eigenvalue weighted by Gasteiger charge is -2.12. The summed E-state index contributed by atoms with van der Waals surface area (Å²) in [4.78, 5) is 11.5. The van der Waals surface area contributed by atoms with E-state index in [1.807, 2.05) is 6.92 Å². The maximum atomic E-state index is 11.5. The Labute approximate surface area is 126 Å². The molecule has 3 nitrogen and oxygen atoms in total. The fourth-order valence-electron chi connectivity index (χ4n) is 2.19. The first kappa shape index (κ1) is 19.3. The number of rotatable bonds is 13. The Bertz CT molecular complexity index is 219. The van der Waals surface area contributed by atoms with Crippen LogP contribution in [0.4, 0.5) is 4.79 Å². The third-order valence-corrected chi connectivity index (χ3v) is 3.81. The van der Waals surface area contributed by atoms with Gasteiger partial charge >= 0.3 is 6.03 Å². The molecule has 2 N–H and O–H groups in total. The predicted molar refractivity (Wildman–Crippen MR) is 88.1 cm³/mol. The van der Waals surface area contributed by atoms with Gasteiger partial charge in [-0.25, -0.2) is 4.79 Å². The van der Waals surface area contributed by atoms with Crippen molar-refractivity contribution in [2.24, 2.45) is 0 Å². The van der Waals surface area contributed by atoms with Crippen LogP contribution < -0.4 is 10.6 Å². The number of amides is 2. The van der Waals surface area contributed by atoms with Crippen LogP contribution in [0.15, 0.2) is 0 Å². The fraction of sp³-hybridized carbons (Fsp3) is 0.941. The molecule has 0 rings (SSSR count). The van der Waals surface area contributed by atoms with E-state index < -0.39 is 0 Å². The van der Waals surface area contributed by atoms with Crippen LogP contribution in [0.5, 0.6) is 0 Å². The Balaban J connectivity index is 3.14. The monoisotopic (exact) mass is 284 g/mol. The molecule has 0 aliphatic carbocycles. The molecule has 0 radical (unpaired) electrons. The smallest absolute Gasteiger partial charge is 0.314 e. The van der Waals surface area contributed by atoms with Gasteiger partial charge in [-0.15, -0.1) is 0 Å². The van der Waals surface area contributed by atoms with E-state index in [1.165, 1.54) is 57.8 Å². The molecule has 120 valence electrons. The third-order valence-electron chi connectivity index (χ3n) is 3.81. The Morgan fingerprint density at radius 1 is 0.850 bits per heavy atom. The van der Waals surface area contributed by atoms with Gasteiger partial charge in [-0.05, 0) is 19.8 Å². The summed E-state index contributed by atoms with van der Waals surface area (Å²) in [5.74, 6) is 0. The van der Waals surface area contributed by atoms with Gasteiger partial charge in [0.05, 0.1) is 0 Å². The molecule has 0 bridgehead atoms. The van der Waals surface area contributed by atoms with Gasteiger partial charge in [0.15, 0.2) is 0 Å². The summed E-state index contributed by atoms with van der Waals surface area (Å²) in [6.07, 6.45) is 14.3. The van der Waals surface area contributed by atoms with Crippen LogP contribution in [0.25, 0.3) is 0 Å². The van der Waals surface area contributed by atoms with Crippen LogP contribution in [0.1, 0.15) is 91.4 Å². The highest BCUT2D eigenvalue weighted by Gasteiger charge is 2.03. The fourth-order valence-corrected chi connectivity index (χ4v) is 2.19. The summed E-state index contributed by atoms with van der Waals surface area (Å²) in [7, 11) is 0. The van der Waals surface area contributed by atoms with Gasteiger partial charge in [0.1, 0.15) is 0 Å². The summed E-state index contributed by atoms with van der Waals surface area (Å²) >= 11 is 0. The number of carbonyl (C=O) groups excluding carboxylic acids is 1. The topological polar surface area (TPSA) is 41.1 Å². The Kier molecular flexibility index (Phi) is 14.1. The van der Waals surface area contributed by atoms with E-state index in [9.17, 15) is 4.79 Å². The van der Waals surface area contributed by atoms with E-state index >= 15 is 0 Å². The maximum absolute atomic E-state index is 11.5. The van der Waals surface area contributed by atoms with Crippen LogP contribution in [0.3, 0.4) is 0 Å². The second-order valence-electron chi connectivity index (χ2n) is 5.89. The molecule has 3 heteroatoms. The molecule has 0 aliphatic heterocycles. The van der Waals surface area contributed by atoms with Gasteiger partial charge in [0.25, 0.3) is 0 Å².